The lowest BCUT2D eigenvalue weighted by molar-refractivity contribution is 0.0490. The third kappa shape index (κ3) is 3.08. The Balaban J connectivity index is 2.13. The molecule has 0 saturated carbocycles. The van der Waals surface area contributed by atoms with E-state index in [1.807, 2.05) is 12.1 Å². The van der Waals surface area contributed by atoms with Gasteiger partial charge in [-0.3, -0.25) is 0 Å². The summed E-state index contributed by atoms with van der Waals surface area (Å²) in [6, 6.07) is 5.73. The molecule has 1 fully saturated rings. The molecular weight excluding hydrogens is 281 g/mol. The van der Waals surface area contributed by atoms with Crippen molar-refractivity contribution in [3.8, 4) is 0 Å². The third-order valence-corrected chi connectivity index (χ3v) is 5.16. The van der Waals surface area contributed by atoms with Gasteiger partial charge in [-0.2, -0.15) is 0 Å². The summed E-state index contributed by atoms with van der Waals surface area (Å²) in [5.41, 5.74) is 7.41. The number of rotatable bonds is 3. The predicted molar refractivity (Wildman–Crippen MR) is 80.8 cm³/mol. The second-order valence-electron chi connectivity index (χ2n) is 5.56. The molecule has 0 aliphatic carbocycles. The van der Waals surface area contributed by atoms with E-state index >= 15 is 0 Å². The summed E-state index contributed by atoms with van der Waals surface area (Å²) >= 11 is 12.3. The molecule has 4 heteroatoms. The van der Waals surface area contributed by atoms with Crippen molar-refractivity contribution < 1.29 is 4.74 Å². The zero-order chi connectivity index (χ0) is 14.2. The fraction of sp³-hybridized carbons (Fsp3) is 0.600. The van der Waals surface area contributed by atoms with Crippen LogP contribution >= 0.6 is 23.2 Å². The highest BCUT2D eigenvalue weighted by molar-refractivity contribution is 6.42. The van der Waals surface area contributed by atoms with Crippen LogP contribution in [-0.4, -0.2) is 18.2 Å². The van der Waals surface area contributed by atoms with Gasteiger partial charge in [0.1, 0.15) is 0 Å². The first-order chi connectivity index (χ1) is 8.91. The average molecular weight is 302 g/mol. The molecule has 0 spiro atoms. The van der Waals surface area contributed by atoms with Crippen LogP contribution < -0.4 is 5.73 Å². The summed E-state index contributed by atoms with van der Waals surface area (Å²) in [5.74, 6) is 0.813. The van der Waals surface area contributed by atoms with Gasteiger partial charge in [0.2, 0.25) is 0 Å². The number of halogens is 2. The second-order valence-corrected chi connectivity index (χ2v) is 6.35. The van der Waals surface area contributed by atoms with Gasteiger partial charge in [0, 0.05) is 12.0 Å². The van der Waals surface area contributed by atoms with Crippen LogP contribution in [0.3, 0.4) is 0 Å². The monoisotopic (exact) mass is 301 g/mol. The smallest absolute Gasteiger partial charge is 0.0624 e. The van der Waals surface area contributed by atoms with E-state index in [4.69, 9.17) is 33.7 Å². The molecule has 0 aromatic heterocycles. The number of hydrogen-bond donors (Lipinski definition) is 1. The first kappa shape index (κ1) is 15.1. The lowest BCUT2D eigenvalue weighted by Gasteiger charge is -2.26. The van der Waals surface area contributed by atoms with Gasteiger partial charge in [-0.05, 0) is 37.8 Å². The minimum Gasteiger partial charge on any atom is -0.375 e. The summed E-state index contributed by atoms with van der Waals surface area (Å²) in [7, 11) is 0. The zero-order valence-corrected chi connectivity index (χ0v) is 13.1. The number of nitrogens with two attached hydrogens (primary N) is 1. The molecular formula is C15H21Cl2NO. The molecule has 2 nitrogen and oxygen atoms in total. The Morgan fingerprint density at radius 2 is 1.89 bits per heavy atom. The first-order valence-corrected chi connectivity index (χ1v) is 7.51. The summed E-state index contributed by atoms with van der Waals surface area (Å²) in [4.78, 5) is 0. The van der Waals surface area contributed by atoms with Crippen molar-refractivity contribution in [1.29, 1.82) is 0 Å². The van der Waals surface area contributed by atoms with E-state index in [2.05, 4.69) is 20.8 Å². The summed E-state index contributed by atoms with van der Waals surface area (Å²) in [6.07, 6.45) is 1.19. The molecule has 1 aliphatic rings. The van der Waals surface area contributed by atoms with E-state index in [-0.39, 0.29) is 18.2 Å². The fourth-order valence-electron chi connectivity index (χ4n) is 3.13. The first-order valence-electron chi connectivity index (χ1n) is 6.75. The average Bonchev–Trinajstić information content (AvgIpc) is 2.59. The van der Waals surface area contributed by atoms with Crippen LogP contribution in [0, 0.1) is 11.8 Å². The van der Waals surface area contributed by atoms with E-state index in [1.54, 1.807) is 6.07 Å². The van der Waals surface area contributed by atoms with Crippen molar-refractivity contribution in [3.63, 3.8) is 0 Å². The highest BCUT2D eigenvalue weighted by atomic mass is 35.5. The molecule has 5 atom stereocenters. The fourth-order valence-corrected chi connectivity index (χ4v) is 3.53. The Bertz CT molecular complexity index is 452. The van der Waals surface area contributed by atoms with Crippen LogP contribution in [0.5, 0.6) is 0 Å². The van der Waals surface area contributed by atoms with Crippen molar-refractivity contribution in [2.24, 2.45) is 17.6 Å². The van der Waals surface area contributed by atoms with Crippen LogP contribution in [-0.2, 0) is 11.2 Å². The molecule has 1 aromatic rings. The van der Waals surface area contributed by atoms with Crippen molar-refractivity contribution >= 4 is 23.2 Å². The summed E-state index contributed by atoms with van der Waals surface area (Å²) < 4.78 is 5.86. The molecule has 106 valence electrons. The number of ether oxygens (including phenoxy) is 1. The van der Waals surface area contributed by atoms with E-state index in [0.29, 0.717) is 21.9 Å². The third-order valence-electron chi connectivity index (χ3n) is 4.30. The van der Waals surface area contributed by atoms with Gasteiger partial charge in [-0.15, -0.1) is 0 Å². The van der Waals surface area contributed by atoms with E-state index in [0.717, 1.165) is 12.0 Å². The minimum absolute atomic E-state index is 0.0333. The normalized spacial score (nSPS) is 32.5. The Morgan fingerprint density at radius 1 is 1.21 bits per heavy atom. The lowest BCUT2D eigenvalue weighted by atomic mass is 9.81. The van der Waals surface area contributed by atoms with Crippen LogP contribution in [0.2, 0.25) is 10.0 Å². The van der Waals surface area contributed by atoms with Crippen molar-refractivity contribution in [2.75, 3.05) is 0 Å². The minimum atomic E-state index is 0.0333. The molecule has 0 amide bonds. The number of benzene rings is 1. The van der Waals surface area contributed by atoms with E-state index in [9.17, 15) is 0 Å². The Morgan fingerprint density at radius 3 is 2.47 bits per heavy atom. The molecule has 2 N–H and O–H groups in total. The van der Waals surface area contributed by atoms with Crippen molar-refractivity contribution in [3.05, 3.63) is 33.8 Å². The topological polar surface area (TPSA) is 35.2 Å². The van der Waals surface area contributed by atoms with Crippen LogP contribution in [0.1, 0.15) is 26.3 Å². The second kappa shape index (κ2) is 6.01. The van der Waals surface area contributed by atoms with Crippen LogP contribution in [0.4, 0.5) is 0 Å². The standard InChI is InChI=1S/C15H21Cl2NO/c1-8-9(2)19-10(3)14(8)13(18)7-11-5-4-6-12(16)15(11)17/h4-6,8-10,13-14H,7,18H2,1-3H3. The zero-order valence-electron chi connectivity index (χ0n) is 11.6. The van der Waals surface area contributed by atoms with E-state index in [1.165, 1.54) is 0 Å². The van der Waals surface area contributed by atoms with Crippen molar-refractivity contribution in [1.82, 2.24) is 0 Å². The van der Waals surface area contributed by atoms with Crippen LogP contribution in [0.15, 0.2) is 18.2 Å². The maximum absolute atomic E-state index is 6.39. The SMILES string of the molecule is CC1OC(C)C(C(N)Cc2cccc(Cl)c2Cl)C1C. The molecule has 0 radical (unpaired) electrons. The Kier molecular flexibility index (Phi) is 4.78. The molecule has 5 unspecified atom stereocenters. The molecule has 1 saturated heterocycles. The van der Waals surface area contributed by atoms with Gasteiger partial charge in [0.05, 0.1) is 22.3 Å². The van der Waals surface area contributed by atoms with Gasteiger partial charge < -0.3 is 10.5 Å². The Hall–Kier alpha value is -0.280. The molecule has 0 bridgehead atoms. The van der Waals surface area contributed by atoms with Crippen molar-refractivity contribution in [2.45, 2.75) is 45.4 Å². The van der Waals surface area contributed by atoms with Gasteiger partial charge in [0.15, 0.2) is 0 Å². The van der Waals surface area contributed by atoms with Gasteiger partial charge >= 0.3 is 0 Å². The molecule has 2 rings (SSSR count). The lowest BCUT2D eigenvalue weighted by Crippen LogP contribution is -2.39. The molecule has 19 heavy (non-hydrogen) atoms. The number of hydrogen-bond acceptors (Lipinski definition) is 2. The molecule has 1 aromatic carbocycles. The summed E-state index contributed by atoms with van der Waals surface area (Å²) in [5, 5.41) is 1.20. The molecule has 1 aliphatic heterocycles. The van der Waals surface area contributed by atoms with E-state index < -0.39 is 0 Å². The van der Waals surface area contributed by atoms with Gasteiger partial charge in [0.25, 0.3) is 0 Å². The Labute approximate surface area is 125 Å². The maximum atomic E-state index is 6.39. The van der Waals surface area contributed by atoms with Gasteiger partial charge in [-0.25, -0.2) is 0 Å². The summed E-state index contributed by atoms with van der Waals surface area (Å²) in [6.45, 7) is 6.42. The molecule has 1 heterocycles. The largest absolute Gasteiger partial charge is 0.375 e. The predicted octanol–water partition coefficient (Wildman–Crippen LogP) is 3.92. The quantitative estimate of drug-likeness (QED) is 0.918. The highest BCUT2D eigenvalue weighted by Crippen LogP contribution is 2.36. The van der Waals surface area contributed by atoms with Crippen LogP contribution in [0.25, 0.3) is 0 Å². The highest BCUT2D eigenvalue weighted by Gasteiger charge is 2.40. The van der Waals surface area contributed by atoms with Gasteiger partial charge in [-0.1, -0.05) is 42.3 Å². The maximum Gasteiger partial charge on any atom is 0.0624 e.